The Morgan fingerprint density at radius 1 is 1.09 bits per heavy atom. The number of carbonyl (C=O) groups is 2. The lowest BCUT2D eigenvalue weighted by molar-refractivity contribution is -0.129. The van der Waals surface area contributed by atoms with Gasteiger partial charge in [0, 0.05) is 19.0 Å². The molecule has 0 heterocycles. The van der Waals surface area contributed by atoms with Gasteiger partial charge in [-0.1, -0.05) is 54.5 Å². The molecule has 124 valence electrons. The molecule has 0 aliphatic heterocycles. The Balaban J connectivity index is 2.20. The smallest absolute Gasteiger partial charge is 0.243 e. The predicted molar refractivity (Wildman–Crippen MR) is 90.6 cm³/mol. The topological polar surface area (TPSA) is 78.4 Å². The normalized spacial score (nSPS) is 11.5. The third-order valence-electron chi connectivity index (χ3n) is 3.20. The number of benzene rings is 1. The highest BCUT2D eigenvalue weighted by Crippen LogP contribution is 2.06. The van der Waals surface area contributed by atoms with Crippen LogP contribution in [0.5, 0.6) is 0 Å². The summed E-state index contributed by atoms with van der Waals surface area (Å²) in [4.78, 5) is 22.5. The van der Waals surface area contributed by atoms with Crippen molar-refractivity contribution >= 4 is 17.9 Å². The molecule has 1 aromatic rings. The van der Waals surface area contributed by atoms with Gasteiger partial charge in [-0.15, -0.1) is 0 Å². The van der Waals surface area contributed by atoms with Gasteiger partial charge in [-0.3, -0.25) is 14.8 Å². The van der Waals surface area contributed by atoms with Crippen LogP contribution in [0, 0.1) is 0 Å². The lowest BCUT2D eigenvalue weighted by Crippen LogP contribution is -2.22. The Hall–Kier alpha value is -2.40. The zero-order chi connectivity index (χ0) is 16.9. The number of hydrogen-bond donors (Lipinski definition) is 3. The minimum Gasteiger partial charge on any atom is -0.353 e. The fourth-order valence-electron chi connectivity index (χ4n) is 1.98. The summed E-state index contributed by atoms with van der Waals surface area (Å²) >= 11 is 0. The van der Waals surface area contributed by atoms with Crippen LogP contribution in [0.3, 0.4) is 0 Å². The third kappa shape index (κ3) is 9.26. The van der Waals surface area contributed by atoms with Gasteiger partial charge in [-0.05, 0) is 25.3 Å². The monoisotopic (exact) mass is 316 g/mol. The lowest BCUT2D eigenvalue weighted by Gasteiger charge is -2.02. The third-order valence-corrected chi connectivity index (χ3v) is 3.20. The van der Waals surface area contributed by atoms with E-state index in [1.165, 1.54) is 6.08 Å². The number of carbonyl (C=O) groups excluding carboxylic acids is 2. The van der Waals surface area contributed by atoms with Gasteiger partial charge in [0.25, 0.3) is 0 Å². The van der Waals surface area contributed by atoms with Crippen molar-refractivity contribution < 1.29 is 14.8 Å². The van der Waals surface area contributed by atoms with Gasteiger partial charge in [-0.2, -0.15) is 0 Å². The molecule has 1 aromatic carbocycles. The Morgan fingerprint density at radius 2 is 1.83 bits per heavy atom. The maximum atomic E-state index is 11.7. The van der Waals surface area contributed by atoms with Gasteiger partial charge in [0.1, 0.15) is 0 Å². The van der Waals surface area contributed by atoms with Gasteiger partial charge in [-0.25, -0.2) is 5.48 Å². The molecular formula is C18H24N2O3. The van der Waals surface area contributed by atoms with E-state index in [1.54, 1.807) is 11.6 Å². The first-order valence-electron chi connectivity index (χ1n) is 7.74. The second-order valence-electron chi connectivity index (χ2n) is 5.27. The Morgan fingerprint density at radius 3 is 2.52 bits per heavy atom. The summed E-state index contributed by atoms with van der Waals surface area (Å²) in [5, 5.41) is 11.1. The number of hydrogen-bond acceptors (Lipinski definition) is 3. The van der Waals surface area contributed by atoms with Crippen LogP contribution in [0.1, 0.15) is 38.2 Å². The fraction of sp³-hybridized carbons (Fsp3) is 0.333. The predicted octanol–water partition coefficient (Wildman–Crippen LogP) is 2.83. The highest BCUT2D eigenvalue weighted by atomic mass is 16.5. The summed E-state index contributed by atoms with van der Waals surface area (Å²) in [6.45, 7) is 2.52. The van der Waals surface area contributed by atoms with Crippen LogP contribution < -0.4 is 10.8 Å². The van der Waals surface area contributed by atoms with Gasteiger partial charge < -0.3 is 5.32 Å². The quantitative estimate of drug-likeness (QED) is 0.215. The summed E-state index contributed by atoms with van der Waals surface area (Å²) in [6, 6.07) is 9.93. The summed E-state index contributed by atoms with van der Waals surface area (Å²) in [7, 11) is 0. The first kappa shape index (κ1) is 18.6. The van der Waals surface area contributed by atoms with Crippen LogP contribution >= 0.6 is 0 Å². The van der Waals surface area contributed by atoms with E-state index >= 15 is 0 Å². The number of allylic oxidation sites excluding steroid dienone is 2. The molecule has 1 rings (SSSR count). The lowest BCUT2D eigenvalue weighted by atomic mass is 10.1. The standard InChI is InChI=1S/C18H24N2O3/c1-15(14-16-8-4-2-5-9-16)11-12-17(21)19-13-7-3-6-10-18(22)20-23/h2,4-5,8-9,11-12,14,23H,3,6-7,10,13H2,1H3,(H,19,21)(H,20,22). The Bertz CT molecular complexity index is 551. The molecule has 0 radical (unpaired) electrons. The van der Waals surface area contributed by atoms with Crippen molar-refractivity contribution in [1.82, 2.24) is 10.8 Å². The molecule has 0 aliphatic carbocycles. The molecule has 0 saturated heterocycles. The van der Waals surface area contributed by atoms with Crippen LogP contribution in [0.25, 0.3) is 6.08 Å². The number of unbranched alkanes of at least 4 members (excludes halogenated alkanes) is 2. The molecule has 0 spiro atoms. The highest BCUT2D eigenvalue weighted by Gasteiger charge is 1.99. The first-order chi connectivity index (χ1) is 11.1. The van der Waals surface area contributed by atoms with E-state index in [9.17, 15) is 9.59 Å². The molecule has 5 heteroatoms. The van der Waals surface area contributed by atoms with E-state index in [2.05, 4.69) is 5.32 Å². The highest BCUT2D eigenvalue weighted by molar-refractivity contribution is 5.88. The van der Waals surface area contributed by atoms with E-state index in [-0.39, 0.29) is 11.8 Å². The first-order valence-corrected chi connectivity index (χ1v) is 7.74. The fourth-order valence-corrected chi connectivity index (χ4v) is 1.98. The summed E-state index contributed by atoms with van der Waals surface area (Å²) in [5.74, 6) is -0.503. The Kier molecular flexibility index (Phi) is 9.09. The summed E-state index contributed by atoms with van der Waals surface area (Å²) in [5.41, 5.74) is 3.70. The zero-order valence-corrected chi connectivity index (χ0v) is 13.4. The molecule has 0 fully saturated rings. The maximum Gasteiger partial charge on any atom is 0.243 e. The molecule has 0 saturated carbocycles. The van der Waals surface area contributed by atoms with Crippen molar-refractivity contribution in [2.75, 3.05) is 6.54 Å². The second-order valence-corrected chi connectivity index (χ2v) is 5.27. The van der Waals surface area contributed by atoms with Crippen molar-refractivity contribution in [1.29, 1.82) is 0 Å². The number of rotatable bonds is 9. The average Bonchev–Trinajstić information content (AvgIpc) is 2.56. The van der Waals surface area contributed by atoms with E-state index < -0.39 is 0 Å². The molecular weight excluding hydrogens is 292 g/mol. The minimum atomic E-state index is -0.377. The van der Waals surface area contributed by atoms with Crippen molar-refractivity contribution in [3.05, 3.63) is 53.6 Å². The molecule has 0 aromatic heterocycles. The molecule has 5 nitrogen and oxygen atoms in total. The molecule has 0 bridgehead atoms. The van der Waals surface area contributed by atoms with Crippen LogP contribution in [0.2, 0.25) is 0 Å². The molecule has 3 N–H and O–H groups in total. The molecule has 0 aliphatic rings. The van der Waals surface area contributed by atoms with Crippen LogP contribution in [0.4, 0.5) is 0 Å². The molecule has 2 amide bonds. The number of nitrogens with one attached hydrogen (secondary N) is 2. The van der Waals surface area contributed by atoms with Crippen molar-refractivity contribution in [2.24, 2.45) is 0 Å². The van der Waals surface area contributed by atoms with Gasteiger partial charge in [0.05, 0.1) is 0 Å². The van der Waals surface area contributed by atoms with Crippen LogP contribution in [-0.2, 0) is 9.59 Å². The average molecular weight is 316 g/mol. The molecule has 23 heavy (non-hydrogen) atoms. The minimum absolute atomic E-state index is 0.126. The summed E-state index contributed by atoms with van der Waals surface area (Å²) in [6.07, 6.45) is 7.93. The zero-order valence-electron chi connectivity index (χ0n) is 13.4. The second kappa shape index (κ2) is 11.2. The van der Waals surface area contributed by atoms with Crippen molar-refractivity contribution in [2.45, 2.75) is 32.6 Å². The largest absolute Gasteiger partial charge is 0.353 e. The van der Waals surface area contributed by atoms with Crippen molar-refractivity contribution in [3.63, 3.8) is 0 Å². The molecule has 0 atom stereocenters. The maximum absolute atomic E-state index is 11.7. The number of amides is 2. The van der Waals surface area contributed by atoms with E-state index in [0.29, 0.717) is 19.4 Å². The van der Waals surface area contributed by atoms with E-state index in [4.69, 9.17) is 5.21 Å². The van der Waals surface area contributed by atoms with E-state index in [0.717, 1.165) is 24.0 Å². The van der Waals surface area contributed by atoms with Crippen LogP contribution in [-0.4, -0.2) is 23.6 Å². The molecule has 0 unspecified atom stereocenters. The van der Waals surface area contributed by atoms with E-state index in [1.807, 2.05) is 43.3 Å². The van der Waals surface area contributed by atoms with Crippen molar-refractivity contribution in [3.8, 4) is 0 Å². The van der Waals surface area contributed by atoms with Gasteiger partial charge in [0.15, 0.2) is 0 Å². The van der Waals surface area contributed by atoms with Crippen LogP contribution in [0.15, 0.2) is 48.1 Å². The SMILES string of the molecule is CC(C=CC(=O)NCCCCCC(=O)NO)=Cc1ccccc1. The summed E-state index contributed by atoms with van der Waals surface area (Å²) < 4.78 is 0. The van der Waals surface area contributed by atoms with Gasteiger partial charge >= 0.3 is 0 Å². The Labute approximate surface area is 137 Å². The number of hydroxylamine groups is 1. The van der Waals surface area contributed by atoms with Gasteiger partial charge in [0.2, 0.25) is 11.8 Å².